The van der Waals surface area contributed by atoms with Gasteiger partial charge in [0.05, 0.1) is 16.8 Å². The zero-order chi connectivity index (χ0) is 14.7. The molecule has 0 aliphatic heterocycles. The number of nitrogens with two attached hydrogens (primary N) is 1. The van der Waals surface area contributed by atoms with Crippen molar-refractivity contribution in [1.82, 2.24) is 0 Å². The van der Waals surface area contributed by atoms with E-state index in [-0.39, 0.29) is 16.9 Å². The van der Waals surface area contributed by atoms with Crippen LogP contribution in [-0.4, -0.2) is 11.0 Å². The molecule has 0 saturated heterocycles. The Morgan fingerprint density at radius 1 is 1.30 bits per heavy atom. The van der Waals surface area contributed by atoms with E-state index in [2.05, 4.69) is 5.32 Å². The molecule has 2 aromatic rings. The fourth-order valence-corrected chi connectivity index (χ4v) is 1.82. The molecule has 0 aliphatic rings. The van der Waals surface area contributed by atoms with Gasteiger partial charge in [0.25, 0.3) is 5.91 Å². The third kappa shape index (κ3) is 2.82. The van der Waals surface area contributed by atoms with Crippen LogP contribution in [0.5, 0.6) is 5.75 Å². The van der Waals surface area contributed by atoms with Crippen LogP contribution in [0, 0.1) is 11.3 Å². The van der Waals surface area contributed by atoms with Gasteiger partial charge in [0.2, 0.25) is 0 Å². The predicted octanol–water partition coefficient (Wildman–Crippen LogP) is 2.75. The van der Waals surface area contributed by atoms with Gasteiger partial charge in [0, 0.05) is 10.7 Å². The number of nitrogen functional groups attached to an aromatic ring is 1. The van der Waals surface area contributed by atoms with Gasteiger partial charge >= 0.3 is 0 Å². The fraction of sp³-hybridized carbons (Fsp3) is 0. The smallest absolute Gasteiger partial charge is 0.259 e. The van der Waals surface area contributed by atoms with Crippen molar-refractivity contribution in [3.8, 4) is 11.8 Å². The highest BCUT2D eigenvalue weighted by molar-refractivity contribution is 6.31. The highest BCUT2D eigenvalue weighted by Crippen LogP contribution is 2.24. The van der Waals surface area contributed by atoms with E-state index in [0.29, 0.717) is 16.4 Å². The van der Waals surface area contributed by atoms with Crippen LogP contribution in [0.25, 0.3) is 0 Å². The van der Waals surface area contributed by atoms with Gasteiger partial charge in [0.15, 0.2) is 0 Å². The molecule has 6 heteroatoms. The Morgan fingerprint density at radius 3 is 2.70 bits per heavy atom. The predicted molar refractivity (Wildman–Crippen MR) is 76.6 cm³/mol. The Kier molecular flexibility index (Phi) is 3.78. The molecule has 20 heavy (non-hydrogen) atoms. The molecule has 1 amide bonds. The first kappa shape index (κ1) is 13.7. The first-order valence-corrected chi connectivity index (χ1v) is 5.98. The number of hydrogen-bond donors (Lipinski definition) is 3. The number of halogens is 1. The van der Waals surface area contributed by atoms with E-state index < -0.39 is 5.91 Å². The van der Waals surface area contributed by atoms with Crippen molar-refractivity contribution in [2.24, 2.45) is 0 Å². The van der Waals surface area contributed by atoms with Crippen molar-refractivity contribution in [2.45, 2.75) is 0 Å². The monoisotopic (exact) mass is 287 g/mol. The number of aromatic hydroxyl groups is 1. The maximum Gasteiger partial charge on any atom is 0.259 e. The number of carbonyl (C=O) groups excluding carboxylic acids is 1. The Balaban J connectivity index is 2.31. The molecular weight excluding hydrogens is 278 g/mol. The number of phenols is 1. The van der Waals surface area contributed by atoms with Crippen LogP contribution in [0.1, 0.15) is 15.9 Å². The number of phenolic OH excluding ortho intramolecular Hbond substituents is 1. The van der Waals surface area contributed by atoms with Gasteiger partial charge in [-0.15, -0.1) is 0 Å². The third-order valence-corrected chi connectivity index (χ3v) is 2.85. The molecule has 0 unspecified atom stereocenters. The van der Waals surface area contributed by atoms with E-state index in [4.69, 9.17) is 22.6 Å². The minimum atomic E-state index is -0.541. The van der Waals surface area contributed by atoms with Gasteiger partial charge in [-0.2, -0.15) is 5.26 Å². The highest BCUT2D eigenvalue weighted by Gasteiger charge is 2.13. The molecule has 0 aromatic heterocycles. The van der Waals surface area contributed by atoms with Crippen LogP contribution in [-0.2, 0) is 0 Å². The standard InChI is InChI=1S/C14H10ClN3O2/c15-9-1-3-11(13(19)6-9)14(20)18-12-4-2-10(17)5-8(12)7-16/h1-6,19H,17H2,(H,18,20). The molecule has 4 N–H and O–H groups in total. The van der Waals surface area contributed by atoms with E-state index in [1.807, 2.05) is 6.07 Å². The van der Waals surface area contributed by atoms with Gasteiger partial charge in [0.1, 0.15) is 11.8 Å². The number of hydrogen-bond acceptors (Lipinski definition) is 4. The van der Waals surface area contributed by atoms with Crippen LogP contribution in [0.15, 0.2) is 36.4 Å². The highest BCUT2D eigenvalue weighted by atomic mass is 35.5. The van der Waals surface area contributed by atoms with Gasteiger partial charge < -0.3 is 16.2 Å². The maximum atomic E-state index is 12.0. The second-order valence-corrected chi connectivity index (χ2v) is 4.47. The molecule has 100 valence electrons. The zero-order valence-corrected chi connectivity index (χ0v) is 11.0. The van der Waals surface area contributed by atoms with Gasteiger partial charge in [-0.1, -0.05) is 11.6 Å². The van der Waals surface area contributed by atoms with E-state index in [9.17, 15) is 9.90 Å². The summed E-state index contributed by atoms with van der Waals surface area (Å²) >= 11 is 5.70. The first-order valence-electron chi connectivity index (χ1n) is 5.61. The summed E-state index contributed by atoms with van der Waals surface area (Å²) in [5.41, 5.74) is 6.62. The normalized spacial score (nSPS) is 9.80. The first-order chi connectivity index (χ1) is 9.51. The number of benzene rings is 2. The van der Waals surface area contributed by atoms with Crippen molar-refractivity contribution < 1.29 is 9.90 Å². The summed E-state index contributed by atoms with van der Waals surface area (Å²) in [6, 6.07) is 10.6. The number of nitrogens with zero attached hydrogens (tertiary/aromatic N) is 1. The summed E-state index contributed by atoms with van der Waals surface area (Å²) in [5.74, 6) is -0.774. The average Bonchev–Trinajstić information content (AvgIpc) is 2.40. The van der Waals surface area contributed by atoms with Crippen LogP contribution in [0.4, 0.5) is 11.4 Å². The SMILES string of the molecule is N#Cc1cc(N)ccc1NC(=O)c1ccc(Cl)cc1O. The van der Waals surface area contributed by atoms with E-state index >= 15 is 0 Å². The maximum absolute atomic E-state index is 12.0. The van der Waals surface area contributed by atoms with Crippen molar-refractivity contribution in [2.75, 3.05) is 11.1 Å². The number of nitriles is 1. The molecule has 0 heterocycles. The molecule has 2 rings (SSSR count). The van der Waals surface area contributed by atoms with Gasteiger partial charge in [-0.25, -0.2) is 0 Å². The van der Waals surface area contributed by atoms with Crippen molar-refractivity contribution in [3.05, 3.63) is 52.5 Å². The minimum Gasteiger partial charge on any atom is -0.507 e. The van der Waals surface area contributed by atoms with Crippen LogP contribution < -0.4 is 11.1 Å². The molecular formula is C14H10ClN3O2. The van der Waals surface area contributed by atoms with Crippen molar-refractivity contribution in [1.29, 1.82) is 5.26 Å². The van der Waals surface area contributed by atoms with E-state index in [0.717, 1.165) is 0 Å². The van der Waals surface area contributed by atoms with E-state index in [1.54, 1.807) is 6.07 Å². The molecule has 0 fully saturated rings. The van der Waals surface area contributed by atoms with Crippen molar-refractivity contribution >= 4 is 28.9 Å². The Hall–Kier alpha value is -2.71. The average molecular weight is 288 g/mol. The number of carbonyl (C=O) groups is 1. The number of rotatable bonds is 2. The van der Waals surface area contributed by atoms with Crippen LogP contribution in [0.3, 0.4) is 0 Å². The number of amides is 1. The lowest BCUT2D eigenvalue weighted by molar-refractivity contribution is 0.102. The molecule has 0 saturated carbocycles. The van der Waals surface area contributed by atoms with Gasteiger partial charge in [-0.05, 0) is 36.4 Å². The second kappa shape index (κ2) is 5.51. The quantitative estimate of drug-likeness (QED) is 0.739. The van der Waals surface area contributed by atoms with Crippen LogP contribution >= 0.6 is 11.6 Å². The molecule has 0 radical (unpaired) electrons. The molecule has 2 aromatic carbocycles. The zero-order valence-electron chi connectivity index (χ0n) is 10.2. The Bertz CT molecular complexity index is 723. The second-order valence-electron chi connectivity index (χ2n) is 4.03. The number of anilines is 2. The largest absolute Gasteiger partial charge is 0.507 e. The van der Waals surface area contributed by atoms with Crippen molar-refractivity contribution in [3.63, 3.8) is 0 Å². The lowest BCUT2D eigenvalue weighted by Gasteiger charge is -2.09. The third-order valence-electron chi connectivity index (χ3n) is 2.62. The minimum absolute atomic E-state index is 0.0649. The Labute approximate surface area is 120 Å². The summed E-state index contributed by atoms with van der Waals surface area (Å²) in [6.07, 6.45) is 0. The summed E-state index contributed by atoms with van der Waals surface area (Å²) in [4.78, 5) is 12.0. The lowest BCUT2D eigenvalue weighted by atomic mass is 10.1. The van der Waals surface area contributed by atoms with Crippen LogP contribution in [0.2, 0.25) is 5.02 Å². The lowest BCUT2D eigenvalue weighted by Crippen LogP contribution is -2.13. The molecule has 0 atom stereocenters. The van der Waals surface area contributed by atoms with Gasteiger partial charge in [-0.3, -0.25) is 4.79 Å². The molecule has 0 spiro atoms. The van der Waals surface area contributed by atoms with E-state index in [1.165, 1.54) is 30.3 Å². The summed E-state index contributed by atoms with van der Waals surface area (Å²) in [7, 11) is 0. The fourth-order valence-electron chi connectivity index (χ4n) is 1.65. The Morgan fingerprint density at radius 2 is 2.05 bits per heavy atom. The molecule has 5 nitrogen and oxygen atoms in total. The topological polar surface area (TPSA) is 99.1 Å². The summed E-state index contributed by atoms with van der Waals surface area (Å²) in [5, 5.41) is 21.5. The summed E-state index contributed by atoms with van der Waals surface area (Å²) in [6.45, 7) is 0. The molecule has 0 bridgehead atoms. The molecule has 0 aliphatic carbocycles. The number of nitrogens with one attached hydrogen (secondary N) is 1. The summed E-state index contributed by atoms with van der Waals surface area (Å²) < 4.78 is 0.